The van der Waals surface area contributed by atoms with Crippen molar-refractivity contribution in [1.29, 1.82) is 0 Å². The van der Waals surface area contributed by atoms with Crippen LogP contribution >= 0.6 is 0 Å². The smallest absolute Gasteiger partial charge is 0.308 e. The molecule has 0 bridgehead atoms. The van der Waals surface area contributed by atoms with Crippen molar-refractivity contribution in [2.75, 3.05) is 13.2 Å². The zero-order chi connectivity index (χ0) is 15.8. The van der Waals surface area contributed by atoms with Crippen molar-refractivity contribution >= 4 is 11.9 Å². The molecule has 1 heterocycles. The van der Waals surface area contributed by atoms with Gasteiger partial charge in [-0.25, -0.2) is 0 Å². The molecule has 1 aliphatic heterocycles. The Morgan fingerprint density at radius 1 is 1.48 bits per heavy atom. The Bertz CT molecular complexity index is 437. The molecular weight excluding hydrogens is 272 g/mol. The van der Waals surface area contributed by atoms with Gasteiger partial charge in [0, 0.05) is 24.5 Å². The third-order valence-electron chi connectivity index (χ3n) is 5.33. The van der Waals surface area contributed by atoms with Crippen LogP contribution in [0.3, 0.4) is 0 Å². The van der Waals surface area contributed by atoms with E-state index >= 15 is 0 Å². The lowest BCUT2D eigenvalue weighted by Crippen LogP contribution is -2.80. The Balaban J connectivity index is 2.01. The number of carboxylic acids is 1. The summed E-state index contributed by atoms with van der Waals surface area (Å²) >= 11 is 0. The van der Waals surface area contributed by atoms with Gasteiger partial charge in [-0.1, -0.05) is 27.2 Å². The van der Waals surface area contributed by atoms with Crippen LogP contribution in [0.4, 0.5) is 0 Å². The Labute approximate surface area is 125 Å². The van der Waals surface area contributed by atoms with Crippen molar-refractivity contribution in [3.63, 3.8) is 0 Å². The fourth-order valence-electron chi connectivity index (χ4n) is 3.87. The second-order valence-corrected chi connectivity index (χ2v) is 6.81. The molecule has 0 aromatic carbocycles. The Kier molecular flexibility index (Phi) is 4.31. The van der Waals surface area contributed by atoms with Gasteiger partial charge >= 0.3 is 5.97 Å². The first-order chi connectivity index (χ1) is 9.76. The molecule has 6 nitrogen and oxygen atoms in total. The van der Waals surface area contributed by atoms with Crippen LogP contribution < -0.4 is 11.1 Å². The molecule has 6 heteroatoms. The number of hydrogen-bond acceptors (Lipinski definition) is 4. The summed E-state index contributed by atoms with van der Waals surface area (Å²) in [5.74, 6) is -1.65. The van der Waals surface area contributed by atoms with E-state index in [0.29, 0.717) is 13.0 Å². The number of nitrogens with one attached hydrogen (secondary N) is 1. The van der Waals surface area contributed by atoms with E-state index in [4.69, 9.17) is 15.6 Å². The van der Waals surface area contributed by atoms with Gasteiger partial charge in [0.05, 0.1) is 12.0 Å². The first-order valence-corrected chi connectivity index (χ1v) is 7.68. The molecule has 0 spiro atoms. The van der Waals surface area contributed by atoms with Crippen molar-refractivity contribution in [1.82, 2.24) is 5.32 Å². The maximum absolute atomic E-state index is 12.6. The molecule has 4 unspecified atom stereocenters. The molecule has 4 atom stereocenters. The first-order valence-electron chi connectivity index (χ1n) is 7.68. The first kappa shape index (κ1) is 16.2. The molecule has 0 aromatic heterocycles. The van der Waals surface area contributed by atoms with E-state index in [1.54, 1.807) is 0 Å². The van der Waals surface area contributed by atoms with Gasteiger partial charge < -0.3 is 20.9 Å². The quantitative estimate of drug-likeness (QED) is 0.671. The standard InChI is InChI=1S/C15H26N2O4/c1-4-5-9(12(18)19)8-17-13(20)15(16)10-6-7-21-11(10)14(15,2)3/h9-11H,4-8,16H2,1-3H3,(H,17,20)(H,18,19). The molecule has 1 saturated heterocycles. The van der Waals surface area contributed by atoms with Crippen LogP contribution in [0.2, 0.25) is 0 Å². The summed E-state index contributed by atoms with van der Waals surface area (Å²) in [6.07, 6.45) is 2.13. The summed E-state index contributed by atoms with van der Waals surface area (Å²) < 4.78 is 5.66. The summed E-state index contributed by atoms with van der Waals surface area (Å²) in [6, 6.07) is 0. The van der Waals surface area contributed by atoms with Gasteiger partial charge in [0.1, 0.15) is 5.54 Å². The van der Waals surface area contributed by atoms with Gasteiger partial charge in [-0.2, -0.15) is 0 Å². The lowest BCUT2D eigenvalue weighted by Gasteiger charge is -2.60. The van der Waals surface area contributed by atoms with E-state index in [0.717, 1.165) is 12.8 Å². The van der Waals surface area contributed by atoms with Gasteiger partial charge in [-0.3, -0.25) is 9.59 Å². The fourth-order valence-corrected chi connectivity index (χ4v) is 3.87. The SMILES string of the molecule is CCCC(CNC(=O)C1(N)C2CCOC2C1(C)C)C(=O)O. The molecular formula is C15H26N2O4. The molecule has 4 N–H and O–H groups in total. The van der Waals surface area contributed by atoms with Gasteiger partial charge in [-0.05, 0) is 12.8 Å². The van der Waals surface area contributed by atoms with Crippen LogP contribution in [-0.2, 0) is 14.3 Å². The highest BCUT2D eigenvalue weighted by atomic mass is 16.5. The fraction of sp³-hybridized carbons (Fsp3) is 0.867. The van der Waals surface area contributed by atoms with Crippen LogP contribution in [0.25, 0.3) is 0 Å². The maximum Gasteiger partial charge on any atom is 0.308 e. The lowest BCUT2D eigenvalue weighted by atomic mass is 9.48. The van der Waals surface area contributed by atoms with Crippen LogP contribution in [-0.4, -0.2) is 41.8 Å². The topological polar surface area (TPSA) is 102 Å². The Morgan fingerprint density at radius 2 is 2.14 bits per heavy atom. The van der Waals surface area contributed by atoms with E-state index in [9.17, 15) is 9.59 Å². The number of carboxylic acid groups (broad SMARTS) is 1. The largest absolute Gasteiger partial charge is 0.481 e. The molecule has 1 amide bonds. The van der Waals surface area contributed by atoms with E-state index in [-0.39, 0.29) is 24.5 Å². The highest BCUT2D eigenvalue weighted by Gasteiger charge is 2.71. The molecule has 120 valence electrons. The summed E-state index contributed by atoms with van der Waals surface area (Å²) in [7, 11) is 0. The number of amides is 1. The molecule has 0 aromatic rings. The van der Waals surface area contributed by atoms with Gasteiger partial charge in [-0.15, -0.1) is 0 Å². The van der Waals surface area contributed by atoms with Crippen LogP contribution in [0.5, 0.6) is 0 Å². The van der Waals surface area contributed by atoms with Crippen molar-refractivity contribution in [2.24, 2.45) is 23.0 Å². The number of carbonyl (C=O) groups is 2. The van der Waals surface area contributed by atoms with Crippen molar-refractivity contribution in [2.45, 2.75) is 51.7 Å². The third-order valence-corrected chi connectivity index (χ3v) is 5.33. The van der Waals surface area contributed by atoms with Crippen molar-refractivity contribution < 1.29 is 19.4 Å². The Morgan fingerprint density at radius 3 is 2.71 bits per heavy atom. The monoisotopic (exact) mass is 298 g/mol. The zero-order valence-electron chi connectivity index (χ0n) is 13.0. The predicted octanol–water partition coefficient (Wildman–Crippen LogP) is 0.746. The lowest BCUT2D eigenvalue weighted by molar-refractivity contribution is -0.175. The third kappa shape index (κ3) is 2.34. The van der Waals surface area contributed by atoms with Crippen LogP contribution in [0.1, 0.15) is 40.0 Å². The highest BCUT2D eigenvalue weighted by Crippen LogP contribution is 2.58. The van der Waals surface area contributed by atoms with E-state index in [1.807, 2.05) is 20.8 Å². The molecule has 2 aliphatic rings. The maximum atomic E-state index is 12.6. The second kappa shape index (κ2) is 5.57. The number of carbonyl (C=O) groups excluding carboxylic acids is 1. The molecule has 2 rings (SSSR count). The molecule has 21 heavy (non-hydrogen) atoms. The minimum atomic E-state index is -0.969. The van der Waals surface area contributed by atoms with Crippen LogP contribution in [0, 0.1) is 17.3 Å². The minimum absolute atomic E-state index is 0.0270. The Hall–Kier alpha value is -1.14. The number of aliphatic carboxylic acids is 1. The number of rotatable bonds is 6. The van der Waals surface area contributed by atoms with E-state index in [2.05, 4.69) is 5.32 Å². The normalized spacial score (nSPS) is 34.7. The van der Waals surface area contributed by atoms with Gasteiger partial charge in [0.25, 0.3) is 0 Å². The van der Waals surface area contributed by atoms with Gasteiger partial charge in [0.15, 0.2) is 0 Å². The average molecular weight is 298 g/mol. The average Bonchev–Trinajstić information content (AvgIpc) is 2.89. The summed E-state index contributed by atoms with van der Waals surface area (Å²) in [6.45, 7) is 6.59. The molecule has 1 saturated carbocycles. The van der Waals surface area contributed by atoms with Gasteiger partial charge in [0.2, 0.25) is 5.91 Å². The van der Waals surface area contributed by atoms with Crippen molar-refractivity contribution in [3.8, 4) is 0 Å². The van der Waals surface area contributed by atoms with E-state index < -0.39 is 22.8 Å². The number of ether oxygens (including phenoxy) is 1. The summed E-state index contributed by atoms with van der Waals surface area (Å²) in [4.78, 5) is 23.7. The highest BCUT2D eigenvalue weighted by molar-refractivity contribution is 5.90. The summed E-state index contributed by atoms with van der Waals surface area (Å²) in [5.41, 5.74) is 5.01. The second-order valence-electron chi connectivity index (χ2n) is 6.81. The van der Waals surface area contributed by atoms with Crippen molar-refractivity contribution in [3.05, 3.63) is 0 Å². The number of hydrogen-bond donors (Lipinski definition) is 3. The molecule has 2 fully saturated rings. The number of nitrogens with two attached hydrogens (primary N) is 1. The van der Waals surface area contributed by atoms with Crippen LogP contribution in [0.15, 0.2) is 0 Å². The predicted molar refractivity (Wildman–Crippen MR) is 77.6 cm³/mol. The summed E-state index contributed by atoms with van der Waals surface area (Å²) in [5, 5.41) is 11.9. The zero-order valence-corrected chi connectivity index (χ0v) is 13.0. The van der Waals surface area contributed by atoms with E-state index in [1.165, 1.54) is 0 Å². The molecule has 1 aliphatic carbocycles. The minimum Gasteiger partial charge on any atom is -0.481 e. The number of fused-ring (bicyclic) bond motifs is 1. The molecule has 0 radical (unpaired) electrons.